The van der Waals surface area contributed by atoms with Crippen LogP contribution in [0.3, 0.4) is 0 Å². The molecule has 2 aromatic rings. The second-order valence-electron chi connectivity index (χ2n) is 7.56. The van der Waals surface area contributed by atoms with Crippen LogP contribution in [-0.4, -0.2) is 18.4 Å². The number of hydrogen-bond donors (Lipinski definition) is 0. The molecule has 1 fully saturated rings. The molecule has 0 saturated carbocycles. The van der Waals surface area contributed by atoms with Gasteiger partial charge in [0.2, 0.25) is 5.91 Å². The first-order valence-corrected chi connectivity index (χ1v) is 9.97. The van der Waals surface area contributed by atoms with Crippen molar-refractivity contribution in [3.63, 3.8) is 0 Å². The van der Waals surface area contributed by atoms with Crippen LogP contribution in [0.25, 0.3) is 0 Å². The van der Waals surface area contributed by atoms with Gasteiger partial charge in [-0.05, 0) is 53.8 Å². The van der Waals surface area contributed by atoms with Gasteiger partial charge in [0, 0.05) is 23.1 Å². The molecule has 0 aromatic heterocycles. The van der Waals surface area contributed by atoms with E-state index >= 15 is 0 Å². The predicted molar refractivity (Wildman–Crippen MR) is 110 cm³/mol. The quantitative estimate of drug-likeness (QED) is 0.490. The van der Waals surface area contributed by atoms with Crippen LogP contribution < -0.4 is 9.64 Å². The molecule has 0 aliphatic carbocycles. The van der Waals surface area contributed by atoms with Gasteiger partial charge in [0.15, 0.2) is 0 Å². The van der Waals surface area contributed by atoms with Crippen LogP contribution in [0.4, 0.5) is 5.69 Å². The van der Waals surface area contributed by atoms with Gasteiger partial charge < -0.3 is 9.64 Å². The monoisotopic (exact) mass is 429 g/mol. The minimum Gasteiger partial charge on any atom is -0.426 e. The van der Waals surface area contributed by atoms with Crippen molar-refractivity contribution in [1.29, 1.82) is 0 Å². The first-order chi connectivity index (χ1) is 12.8. The SMILES string of the molecule is CCC(C)(C)c1ccc(OC(=O)[C@H]2CC(=O)N(c3ccc(Br)cc3)C2)cc1. The summed E-state index contributed by atoms with van der Waals surface area (Å²) in [5.41, 5.74) is 2.10. The highest BCUT2D eigenvalue weighted by Crippen LogP contribution is 2.30. The summed E-state index contributed by atoms with van der Waals surface area (Å²) in [5, 5.41) is 0. The molecule has 0 radical (unpaired) electrons. The lowest BCUT2D eigenvalue weighted by Crippen LogP contribution is -2.27. The lowest BCUT2D eigenvalue weighted by atomic mass is 9.82. The molecule has 1 amide bonds. The molecule has 27 heavy (non-hydrogen) atoms. The first kappa shape index (κ1) is 19.6. The zero-order chi connectivity index (χ0) is 19.6. The molecule has 2 aromatic carbocycles. The van der Waals surface area contributed by atoms with Gasteiger partial charge in [-0.15, -0.1) is 0 Å². The van der Waals surface area contributed by atoms with E-state index in [1.165, 1.54) is 5.56 Å². The van der Waals surface area contributed by atoms with Crippen molar-refractivity contribution in [2.45, 2.75) is 39.0 Å². The normalized spacial score (nSPS) is 17.3. The van der Waals surface area contributed by atoms with Crippen LogP contribution in [-0.2, 0) is 15.0 Å². The Labute approximate surface area is 168 Å². The summed E-state index contributed by atoms with van der Waals surface area (Å²) in [6.45, 7) is 6.88. The molecule has 4 nitrogen and oxygen atoms in total. The Kier molecular flexibility index (Phi) is 5.70. The highest BCUT2D eigenvalue weighted by Gasteiger charge is 2.36. The van der Waals surface area contributed by atoms with Gasteiger partial charge in [-0.25, -0.2) is 0 Å². The summed E-state index contributed by atoms with van der Waals surface area (Å²) in [7, 11) is 0. The third-order valence-corrected chi connectivity index (χ3v) is 5.86. The van der Waals surface area contributed by atoms with E-state index in [1.54, 1.807) is 4.90 Å². The van der Waals surface area contributed by atoms with Gasteiger partial charge >= 0.3 is 5.97 Å². The van der Waals surface area contributed by atoms with Gasteiger partial charge in [-0.3, -0.25) is 9.59 Å². The Morgan fingerprint density at radius 3 is 2.37 bits per heavy atom. The molecule has 142 valence electrons. The number of esters is 1. The van der Waals surface area contributed by atoms with Gasteiger partial charge in [0.25, 0.3) is 0 Å². The van der Waals surface area contributed by atoms with Crippen molar-refractivity contribution < 1.29 is 14.3 Å². The molecule has 1 atom stereocenters. The van der Waals surface area contributed by atoms with Crippen LogP contribution in [0.2, 0.25) is 0 Å². The zero-order valence-electron chi connectivity index (χ0n) is 15.9. The largest absolute Gasteiger partial charge is 0.426 e. The maximum Gasteiger partial charge on any atom is 0.316 e. The van der Waals surface area contributed by atoms with Crippen LogP contribution in [0.5, 0.6) is 5.75 Å². The molecule has 0 N–H and O–H groups in total. The van der Waals surface area contributed by atoms with E-state index in [1.807, 2.05) is 48.5 Å². The molecular formula is C22H24BrNO3. The van der Waals surface area contributed by atoms with Crippen LogP contribution in [0.15, 0.2) is 53.0 Å². The van der Waals surface area contributed by atoms with E-state index in [4.69, 9.17) is 4.74 Å². The lowest BCUT2D eigenvalue weighted by molar-refractivity contribution is -0.139. The Bertz CT molecular complexity index is 828. The van der Waals surface area contributed by atoms with Crippen LogP contribution in [0, 0.1) is 5.92 Å². The minimum absolute atomic E-state index is 0.0562. The highest BCUT2D eigenvalue weighted by atomic mass is 79.9. The molecule has 3 rings (SSSR count). The van der Waals surface area contributed by atoms with Crippen LogP contribution >= 0.6 is 15.9 Å². The molecule has 0 spiro atoms. The molecule has 0 unspecified atom stereocenters. The third kappa shape index (κ3) is 4.41. The van der Waals surface area contributed by atoms with Gasteiger partial charge in [0.1, 0.15) is 5.75 Å². The van der Waals surface area contributed by atoms with E-state index in [9.17, 15) is 9.59 Å². The third-order valence-electron chi connectivity index (χ3n) is 5.33. The van der Waals surface area contributed by atoms with Crippen molar-refractivity contribution in [2.24, 2.45) is 5.92 Å². The molecule has 0 bridgehead atoms. The summed E-state index contributed by atoms with van der Waals surface area (Å²) in [6, 6.07) is 15.1. The number of carbonyl (C=O) groups is 2. The molecule has 1 heterocycles. The van der Waals surface area contributed by atoms with Crippen molar-refractivity contribution in [3.05, 3.63) is 58.6 Å². The fourth-order valence-electron chi connectivity index (χ4n) is 3.11. The number of carbonyl (C=O) groups excluding carboxylic acids is 2. The number of hydrogen-bond acceptors (Lipinski definition) is 3. The molecule has 1 aliphatic rings. The van der Waals surface area contributed by atoms with Crippen molar-refractivity contribution >= 4 is 33.5 Å². The fourth-order valence-corrected chi connectivity index (χ4v) is 3.38. The topological polar surface area (TPSA) is 46.6 Å². The Balaban J connectivity index is 1.65. The molecular weight excluding hydrogens is 406 g/mol. The maximum atomic E-state index is 12.5. The Morgan fingerprint density at radius 2 is 1.78 bits per heavy atom. The molecule has 1 saturated heterocycles. The van der Waals surface area contributed by atoms with E-state index in [-0.39, 0.29) is 23.7 Å². The highest BCUT2D eigenvalue weighted by molar-refractivity contribution is 9.10. The first-order valence-electron chi connectivity index (χ1n) is 9.18. The number of benzene rings is 2. The Morgan fingerprint density at radius 1 is 1.15 bits per heavy atom. The number of ether oxygens (including phenoxy) is 1. The number of halogens is 1. The van der Waals surface area contributed by atoms with Crippen molar-refractivity contribution in [3.8, 4) is 5.75 Å². The maximum absolute atomic E-state index is 12.5. The zero-order valence-corrected chi connectivity index (χ0v) is 17.5. The van der Waals surface area contributed by atoms with Gasteiger partial charge in [0.05, 0.1) is 5.92 Å². The summed E-state index contributed by atoms with van der Waals surface area (Å²) in [5.74, 6) is -0.345. The number of anilines is 1. The van der Waals surface area contributed by atoms with Gasteiger partial charge in [-0.1, -0.05) is 48.8 Å². The number of nitrogens with zero attached hydrogens (tertiary/aromatic N) is 1. The summed E-state index contributed by atoms with van der Waals surface area (Å²) in [4.78, 5) is 26.5. The number of amides is 1. The number of rotatable bonds is 5. The van der Waals surface area contributed by atoms with Gasteiger partial charge in [-0.2, -0.15) is 0 Å². The minimum atomic E-state index is -0.451. The predicted octanol–water partition coefficient (Wildman–Crippen LogP) is 5.10. The van der Waals surface area contributed by atoms with E-state index in [2.05, 4.69) is 36.7 Å². The lowest BCUT2D eigenvalue weighted by Gasteiger charge is -2.23. The second kappa shape index (κ2) is 7.85. The van der Waals surface area contributed by atoms with E-state index in [0.29, 0.717) is 12.3 Å². The van der Waals surface area contributed by atoms with E-state index < -0.39 is 5.92 Å². The van der Waals surface area contributed by atoms with Crippen molar-refractivity contribution in [2.75, 3.05) is 11.4 Å². The summed E-state index contributed by atoms with van der Waals surface area (Å²) in [6.07, 6.45) is 1.21. The fraction of sp³-hybridized carbons (Fsp3) is 0.364. The second-order valence-corrected chi connectivity index (χ2v) is 8.48. The average molecular weight is 430 g/mol. The van der Waals surface area contributed by atoms with Crippen LogP contribution in [0.1, 0.15) is 39.2 Å². The molecule has 5 heteroatoms. The molecule has 1 aliphatic heterocycles. The standard InChI is InChI=1S/C22H24BrNO3/c1-4-22(2,3)16-5-11-19(12-6-16)27-21(26)15-13-20(25)24(14-15)18-9-7-17(23)8-10-18/h5-12,15H,4,13-14H2,1-3H3/t15-/m0/s1. The smallest absolute Gasteiger partial charge is 0.316 e. The van der Waals surface area contributed by atoms with E-state index in [0.717, 1.165) is 16.6 Å². The summed E-state index contributed by atoms with van der Waals surface area (Å²) >= 11 is 3.39. The average Bonchev–Trinajstić information content (AvgIpc) is 3.05. The Hall–Kier alpha value is -2.14. The van der Waals surface area contributed by atoms with Crippen molar-refractivity contribution in [1.82, 2.24) is 0 Å². The summed E-state index contributed by atoms with van der Waals surface area (Å²) < 4.78 is 6.47.